The van der Waals surface area contributed by atoms with E-state index in [1.54, 1.807) is 4.90 Å². The van der Waals surface area contributed by atoms with Crippen molar-refractivity contribution in [2.75, 3.05) is 11.4 Å². The number of fused-ring (bicyclic) bond motifs is 1. The van der Waals surface area contributed by atoms with Crippen molar-refractivity contribution in [3.05, 3.63) is 87.2 Å². The number of benzene rings is 3. The van der Waals surface area contributed by atoms with Gasteiger partial charge in [-0.05, 0) is 87.6 Å². The normalized spacial score (nSPS) is 14.0. The summed E-state index contributed by atoms with van der Waals surface area (Å²) >= 11 is 6.20. The molecule has 4 rings (SSSR count). The molecular weight excluding hydrogens is 481 g/mol. The molecule has 0 aliphatic carbocycles. The molecule has 7 heteroatoms. The predicted octanol–water partition coefficient (Wildman–Crippen LogP) is 6.91. The Hall–Kier alpha value is -3.22. The molecule has 0 spiro atoms. The van der Waals surface area contributed by atoms with Gasteiger partial charge < -0.3 is 14.7 Å². The fourth-order valence-electron chi connectivity index (χ4n) is 4.69. The van der Waals surface area contributed by atoms with Crippen molar-refractivity contribution < 1.29 is 23.8 Å². The third kappa shape index (κ3) is 5.01. The molecule has 0 aromatic heterocycles. The molecule has 0 bridgehead atoms. The van der Waals surface area contributed by atoms with Crippen molar-refractivity contribution in [2.24, 2.45) is 0 Å². The zero-order valence-electron chi connectivity index (χ0n) is 21.0. The monoisotopic (exact) mass is 509 g/mol. The highest BCUT2D eigenvalue weighted by Gasteiger charge is 2.36. The zero-order valence-corrected chi connectivity index (χ0v) is 21.7. The molecule has 1 aliphatic rings. The molecule has 3 aromatic rings. The lowest BCUT2D eigenvalue weighted by molar-refractivity contribution is -0.160. The van der Waals surface area contributed by atoms with Crippen molar-refractivity contribution in [3.63, 3.8) is 0 Å². The number of hydrogen-bond donors (Lipinski definition) is 1. The molecule has 0 fully saturated rings. The predicted molar refractivity (Wildman–Crippen MR) is 139 cm³/mol. The summed E-state index contributed by atoms with van der Waals surface area (Å²) in [6.45, 7) is 9.68. The van der Waals surface area contributed by atoms with Crippen molar-refractivity contribution in [1.82, 2.24) is 0 Å². The molecule has 1 atom stereocenters. The fraction of sp³-hybridized carbons (Fsp3) is 0.310. The third-order valence-electron chi connectivity index (χ3n) is 6.24. The number of nitrogens with zero attached hydrogens (tertiary/aromatic N) is 1. The summed E-state index contributed by atoms with van der Waals surface area (Å²) in [7, 11) is 0. The lowest BCUT2D eigenvalue weighted by Gasteiger charge is -2.29. The van der Waals surface area contributed by atoms with Crippen LogP contribution in [0.3, 0.4) is 0 Å². The van der Waals surface area contributed by atoms with E-state index in [1.807, 2.05) is 65.0 Å². The molecule has 1 aliphatic heterocycles. The van der Waals surface area contributed by atoms with Crippen LogP contribution in [0.15, 0.2) is 48.5 Å². The summed E-state index contributed by atoms with van der Waals surface area (Å²) in [6.07, 6.45) is -0.666. The summed E-state index contributed by atoms with van der Waals surface area (Å²) in [5.74, 6) is -1.93. The number of halogens is 2. The molecule has 3 aromatic carbocycles. The van der Waals surface area contributed by atoms with Gasteiger partial charge in [0.15, 0.2) is 6.10 Å². The Balaban J connectivity index is 1.93. The summed E-state index contributed by atoms with van der Waals surface area (Å²) in [4.78, 5) is 27.5. The van der Waals surface area contributed by atoms with Crippen LogP contribution in [0.1, 0.15) is 59.5 Å². The smallest absolute Gasteiger partial charge is 0.337 e. The van der Waals surface area contributed by atoms with Crippen LogP contribution in [0.25, 0.3) is 11.1 Å². The van der Waals surface area contributed by atoms with E-state index in [4.69, 9.17) is 16.3 Å². The SMILES string of the molecule is Cc1ccc(-c2c3c(cc(C)c2C(OC(C)(C)C)C(=O)O)N(C(=O)c2ccc(F)cc2Cl)CC3)cc1. The van der Waals surface area contributed by atoms with Crippen LogP contribution in [0.5, 0.6) is 0 Å². The first-order valence-electron chi connectivity index (χ1n) is 11.8. The van der Waals surface area contributed by atoms with E-state index in [1.165, 1.54) is 12.1 Å². The molecule has 0 radical (unpaired) electrons. The third-order valence-corrected chi connectivity index (χ3v) is 6.55. The Kier molecular flexibility index (Phi) is 6.95. The second-order valence-corrected chi connectivity index (χ2v) is 10.5. The summed E-state index contributed by atoms with van der Waals surface area (Å²) < 4.78 is 19.6. The van der Waals surface area contributed by atoms with Gasteiger partial charge >= 0.3 is 5.97 Å². The molecule has 5 nitrogen and oxygen atoms in total. The molecule has 1 amide bonds. The number of aliphatic carboxylic acids is 1. The number of carbonyl (C=O) groups is 2. The van der Waals surface area contributed by atoms with E-state index in [0.717, 1.165) is 28.3 Å². The highest BCUT2D eigenvalue weighted by molar-refractivity contribution is 6.34. The highest BCUT2D eigenvalue weighted by Crippen LogP contribution is 2.45. The first-order chi connectivity index (χ1) is 16.9. The standard InChI is InChI=1S/C29H29ClFNO4/c1-16-6-8-18(9-7-16)25-21-12-13-32(27(33)20-11-10-19(31)15-22(20)30)23(21)14-17(2)24(25)26(28(34)35)36-29(3,4)5/h6-11,14-15,26H,12-13H2,1-5H3,(H,34,35). The van der Waals surface area contributed by atoms with Gasteiger partial charge in [-0.15, -0.1) is 0 Å². The largest absolute Gasteiger partial charge is 0.479 e. The number of amides is 1. The van der Waals surface area contributed by atoms with E-state index < -0.39 is 23.5 Å². The highest BCUT2D eigenvalue weighted by atomic mass is 35.5. The molecule has 0 saturated carbocycles. The summed E-state index contributed by atoms with van der Waals surface area (Å²) in [5.41, 5.74) is 5.06. The maximum Gasteiger partial charge on any atom is 0.337 e. The van der Waals surface area contributed by atoms with E-state index in [0.29, 0.717) is 29.8 Å². The Morgan fingerprint density at radius 2 is 1.75 bits per heavy atom. The van der Waals surface area contributed by atoms with Crippen molar-refractivity contribution in [3.8, 4) is 11.1 Å². The van der Waals surface area contributed by atoms with Crippen LogP contribution in [-0.2, 0) is 16.0 Å². The molecular formula is C29H29ClFNO4. The van der Waals surface area contributed by atoms with Crippen molar-refractivity contribution in [1.29, 1.82) is 0 Å². The molecule has 0 saturated heterocycles. The van der Waals surface area contributed by atoms with Gasteiger partial charge in [0.1, 0.15) is 5.82 Å². The number of anilines is 1. The van der Waals surface area contributed by atoms with Crippen LogP contribution < -0.4 is 4.90 Å². The van der Waals surface area contributed by atoms with Crippen LogP contribution in [-0.4, -0.2) is 29.1 Å². The van der Waals surface area contributed by atoms with Gasteiger partial charge in [0, 0.05) is 17.8 Å². The van der Waals surface area contributed by atoms with E-state index >= 15 is 0 Å². The number of hydrogen-bond acceptors (Lipinski definition) is 3. The average molecular weight is 510 g/mol. The minimum absolute atomic E-state index is 0.0464. The number of carbonyl (C=O) groups excluding carboxylic acids is 1. The molecule has 1 unspecified atom stereocenters. The minimum atomic E-state index is -1.19. The Morgan fingerprint density at radius 3 is 2.33 bits per heavy atom. The second-order valence-electron chi connectivity index (χ2n) is 10.1. The van der Waals surface area contributed by atoms with E-state index in [2.05, 4.69) is 0 Å². The lowest BCUT2D eigenvalue weighted by Crippen LogP contribution is -2.30. The Morgan fingerprint density at radius 1 is 1.08 bits per heavy atom. The van der Waals surface area contributed by atoms with Gasteiger partial charge in [0.05, 0.1) is 16.2 Å². The van der Waals surface area contributed by atoms with Crippen LogP contribution in [0, 0.1) is 19.7 Å². The fourth-order valence-corrected chi connectivity index (χ4v) is 4.94. The number of ether oxygens (including phenoxy) is 1. The molecule has 36 heavy (non-hydrogen) atoms. The molecule has 188 valence electrons. The maximum absolute atomic E-state index is 13.6. The summed E-state index contributed by atoms with van der Waals surface area (Å²) in [5, 5.41) is 10.2. The summed E-state index contributed by atoms with van der Waals surface area (Å²) in [6, 6.07) is 13.4. The first-order valence-corrected chi connectivity index (χ1v) is 12.2. The maximum atomic E-state index is 13.6. The molecule has 1 heterocycles. The van der Waals surface area contributed by atoms with Gasteiger partial charge in [-0.3, -0.25) is 4.79 Å². The van der Waals surface area contributed by atoms with Crippen LogP contribution >= 0.6 is 11.6 Å². The minimum Gasteiger partial charge on any atom is -0.479 e. The zero-order chi connectivity index (χ0) is 26.4. The number of carboxylic acid groups (broad SMARTS) is 1. The molecule has 1 N–H and O–H groups in total. The van der Waals surface area contributed by atoms with Gasteiger partial charge in [0.2, 0.25) is 0 Å². The van der Waals surface area contributed by atoms with Gasteiger partial charge in [-0.1, -0.05) is 41.4 Å². The second kappa shape index (κ2) is 9.68. The Bertz CT molecular complexity index is 1340. The first kappa shape index (κ1) is 25.9. The van der Waals surface area contributed by atoms with Crippen LogP contribution in [0.2, 0.25) is 5.02 Å². The van der Waals surface area contributed by atoms with E-state index in [-0.39, 0.29) is 16.5 Å². The number of rotatable bonds is 5. The van der Waals surface area contributed by atoms with Gasteiger partial charge in [0.25, 0.3) is 5.91 Å². The Labute approximate surface area is 215 Å². The van der Waals surface area contributed by atoms with Crippen molar-refractivity contribution >= 4 is 29.2 Å². The van der Waals surface area contributed by atoms with Crippen molar-refractivity contribution in [2.45, 2.75) is 52.7 Å². The van der Waals surface area contributed by atoms with Gasteiger partial charge in [-0.2, -0.15) is 0 Å². The average Bonchev–Trinajstić information content (AvgIpc) is 3.19. The lowest BCUT2D eigenvalue weighted by atomic mass is 9.86. The number of carboxylic acids is 1. The topological polar surface area (TPSA) is 66.8 Å². The quantitative estimate of drug-likeness (QED) is 0.406. The van der Waals surface area contributed by atoms with Gasteiger partial charge in [-0.25, -0.2) is 9.18 Å². The number of aryl methyl sites for hydroxylation is 2. The van der Waals surface area contributed by atoms with Crippen LogP contribution in [0.4, 0.5) is 10.1 Å². The van der Waals surface area contributed by atoms with E-state index in [9.17, 15) is 19.1 Å².